The molecule has 0 bridgehead atoms. The van der Waals surface area contributed by atoms with Crippen LogP contribution in [0.15, 0.2) is 78.4 Å². The van der Waals surface area contributed by atoms with E-state index in [1.54, 1.807) is 6.07 Å². The molecule has 0 radical (unpaired) electrons. The third kappa shape index (κ3) is 3.28. The molecule has 150 valence electrons. The lowest BCUT2D eigenvalue weighted by atomic mass is 9.95. The summed E-state index contributed by atoms with van der Waals surface area (Å²) in [6, 6.07) is 19.0. The molecule has 0 saturated carbocycles. The zero-order chi connectivity index (χ0) is 21.4. The zero-order valence-corrected chi connectivity index (χ0v) is 16.6. The first-order valence-electron chi connectivity index (χ1n) is 9.57. The van der Waals surface area contributed by atoms with Crippen LogP contribution in [0, 0.1) is 19.7 Å². The van der Waals surface area contributed by atoms with Crippen molar-refractivity contribution in [3.05, 3.63) is 106 Å². The van der Waals surface area contributed by atoms with Crippen molar-refractivity contribution in [3.63, 3.8) is 0 Å². The summed E-state index contributed by atoms with van der Waals surface area (Å²) < 4.78 is 13.3. The number of benzene rings is 3. The molecule has 1 fully saturated rings. The standard InChI is InChI=1S/C25H20FNO3/c1-15-8-13-20(14-16(15)2)27-22(17-6-4-3-5-7-17)21(24(29)25(27)30)23(28)18-9-11-19(26)12-10-18/h3-14,22,28H,1-2H3/b23-21+. The molecular formula is C25H20FNO3. The molecule has 1 saturated heterocycles. The number of halogens is 1. The maximum Gasteiger partial charge on any atom is 0.300 e. The van der Waals surface area contributed by atoms with Gasteiger partial charge in [-0.15, -0.1) is 0 Å². The minimum Gasteiger partial charge on any atom is -0.507 e. The van der Waals surface area contributed by atoms with Crippen LogP contribution in [0.3, 0.4) is 0 Å². The number of aryl methyl sites for hydroxylation is 2. The number of carbonyl (C=O) groups is 2. The predicted octanol–water partition coefficient (Wildman–Crippen LogP) is 5.07. The summed E-state index contributed by atoms with van der Waals surface area (Å²) >= 11 is 0. The molecule has 30 heavy (non-hydrogen) atoms. The van der Waals surface area contributed by atoms with E-state index < -0.39 is 23.5 Å². The monoisotopic (exact) mass is 401 g/mol. The van der Waals surface area contributed by atoms with Crippen LogP contribution < -0.4 is 4.90 Å². The van der Waals surface area contributed by atoms with Gasteiger partial charge in [-0.1, -0.05) is 36.4 Å². The van der Waals surface area contributed by atoms with Crippen molar-refractivity contribution in [1.29, 1.82) is 0 Å². The summed E-state index contributed by atoms with van der Waals surface area (Å²) in [4.78, 5) is 27.5. The molecule has 0 aromatic heterocycles. The molecule has 4 nitrogen and oxygen atoms in total. The van der Waals surface area contributed by atoms with Crippen LogP contribution >= 0.6 is 0 Å². The van der Waals surface area contributed by atoms with E-state index in [1.165, 1.54) is 29.2 Å². The molecule has 1 unspecified atom stereocenters. The third-order valence-corrected chi connectivity index (χ3v) is 5.45. The molecular weight excluding hydrogens is 381 g/mol. The lowest BCUT2D eigenvalue weighted by molar-refractivity contribution is -0.132. The molecule has 0 spiro atoms. The van der Waals surface area contributed by atoms with E-state index in [1.807, 2.05) is 56.3 Å². The van der Waals surface area contributed by atoms with E-state index >= 15 is 0 Å². The first-order chi connectivity index (χ1) is 14.4. The van der Waals surface area contributed by atoms with Gasteiger partial charge in [-0.3, -0.25) is 14.5 Å². The number of aliphatic hydroxyl groups is 1. The largest absolute Gasteiger partial charge is 0.507 e. The summed E-state index contributed by atoms with van der Waals surface area (Å²) in [7, 11) is 0. The number of nitrogens with zero attached hydrogens (tertiary/aromatic N) is 1. The lowest BCUT2D eigenvalue weighted by Gasteiger charge is -2.26. The van der Waals surface area contributed by atoms with Crippen LogP contribution in [0.1, 0.15) is 28.3 Å². The molecule has 1 aliphatic heterocycles. The Balaban J connectivity index is 1.94. The Morgan fingerprint density at radius 1 is 0.900 bits per heavy atom. The van der Waals surface area contributed by atoms with E-state index in [9.17, 15) is 19.1 Å². The Morgan fingerprint density at radius 3 is 2.20 bits per heavy atom. The summed E-state index contributed by atoms with van der Waals surface area (Å²) in [5.74, 6) is -2.27. The van der Waals surface area contributed by atoms with E-state index in [2.05, 4.69) is 0 Å². The fourth-order valence-electron chi connectivity index (χ4n) is 3.69. The molecule has 3 aromatic carbocycles. The number of aliphatic hydroxyl groups excluding tert-OH is 1. The highest BCUT2D eigenvalue weighted by molar-refractivity contribution is 6.51. The first-order valence-corrected chi connectivity index (χ1v) is 9.57. The average molecular weight is 401 g/mol. The number of amides is 1. The van der Waals surface area contributed by atoms with Gasteiger partial charge in [0.25, 0.3) is 11.7 Å². The minimum atomic E-state index is -0.793. The highest BCUT2D eigenvalue weighted by Crippen LogP contribution is 2.42. The normalized spacial score (nSPS) is 18.1. The van der Waals surface area contributed by atoms with Crippen molar-refractivity contribution in [2.75, 3.05) is 4.90 Å². The van der Waals surface area contributed by atoms with Crippen LogP contribution in [-0.4, -0.2) is 16.8 Å². The van der Waals surface area contributed by atoms with Crippen molar-refractivity contribution in [1.82, 2.24) is 0 Å². The van der Waals surface area contributed by atoms with E-state index in [0.29, 0.717) is 11.3 Å². The number of rotatable bonds is 3. The number of hydrogen-bond acceptors (Lipinski definition) is 3. The van der Waals surface area contributed by atoms with Crippen molar-refractivity contribution in [3.8, 4) is 0 Å². The second-order valence-corrected chi connectivity index (χ2v) is 7.36. The zero-order valence-electron chi connectivity index (χ0n) is 16.6. The molecule has 1 atom stereocenters. The van der Waals surface area contributed by atoms with Crippen molar-refractivity contribution in [2.45, 2.75) is 19.9 Å². The average Bonchev–Trinajstić information content (AvgIpc) is 3.01. The Morgan fingerprint density at radius 2 is 1.57 bits per heavy atom. The van der Waals surface area contributed by atoms with Crippen molar-refractivity contribution < 1.29 is 19.1 Å². The Kier molecular flexibility index (Phi) is 4.96. The highest BCUT2D eigenvalue weighted by Gasteiger charge is 2.46. The van der Waals surface area contributed by atoms with E-state index in [4.69, 9.17) is 0 Å². The third-order valence-electron chi connectivity index (χ3n) is 5.45. The predicted molar refractivity (Wildman–Crippen MR) is 114 cm³/mol. The number of anilines is 1. The second kappa shape index (κ2) is 7.59. The van der Waals surface area contributed by atoms with Gasteiger partial charge in [-0.25, -0.2) is 4.39 Å². The van der Waals surface area contributed by atoms with Crippen molar-refractivity contribution in [2.24, 2.45) is 0 Å². The number of Topliss-reactive ketones (excluding diaryl/α,β-unsaturated/α-hetero) is 1. The van der Waals surface area contributed by atoms with E-state index in [0.717, 1.165) is 11.1 Å². The van der Waals surface area contributed by atoms with Crippen LogP contribution in [-0.2, 0) is 9.59 Å². The fraction of sp³-hybridized carbons (Fsp3) is 0.120. The summed E-state index contributed by atoms with van der Waals surface area (Å²) in [5, 5.41) is 11.0. The topological polar surface area (TPSA) is 57.6 Å². The Labute approximate surface area is 173 Å². The Bertz CT molecular complexity index is 1170. The van der Waals surface area contributed by atoms with Crippen LogP contribution in [0.4, 0.5) is 10.1 Å². The molecule has 5 heteroatoms. The van der Waals surface area contributed by atoms with Gasteiger partial charge in [0.2, 0.25) is 0 Å². The smallest absolute Gasteiger partial charge is 0.300 e. The van der Waals surface area contributed by atoms with Crippen LogP contribution in [0.2, 0.25) is 0 Å². The van der Waals surface area contributed by atoms with Crippen molar-refractivity contribution >= 4 is 23.1 Å². The summed E-state index contributed by atoms with van der Waals surface area (Å²) in [5.41, 5.74) is 3.58. The lowest BCUT2D eigenvalue weighted by Crippen LogP contribution is -2.29. The summed E-state index contributed by atoms with van der Waals surface area (Å²) in [6.07, 6.45) is 0. The molecule has 1 amide bonds. The van der Waals surface area contributed by atoms with Gasteiger partial charge in [0.1, 0.15) is 11.6 Å². The van der Waals surface area contributed by atoms with Gasteiger partial charge in [-0.05, 0) is 66.9 Å². The van der Waals surface area contributed by atoms with Crippen LogP contribution in [0.25, 0.3) is 5.76 Å². The number of carbonyl (C=O) groups excluding carboxylic acids is 2. The molecule has 4 rings (SSSR count). The summed E-state index contributed by atoms with van der Waals surface area (Å²) in [6.45, 7) is 3.90. The van der Waals surface area contributed by atoms with Gasteiger partial charge >= 0.3 is 0 Å². The van der Waals surface area contributed by atoms with E-state index in [-0.39, 0.29) is 16.9 Å². The molecule has 1 heterocycles. The number of hydrogen-bond donors (Lipinski definition) is 1. The second-order valence-electron chi connectivity index (χ2n) is 7.36. The minimum absolute atomic E-state index is 0.0176. The molecule has 0 aliphatic carbocycles. The van der Waals surface area contributed by atoms with Gasteiger partial charge in [0, 0.05) is 11.3 Å². The fourth-order valence-corrected chi connectivity index (χ4v) is 3.69. The van der Waals surface area contributed by atoms with Gasteiger partial charge in [0.15, 0.2) is 0 Å². The quantitative estimate of drug-likeness (QED) is 0.379. The maximum absolute atomic E-state index is 13.3. The van der Waals surface area contributed by atoms with Crippen LogP contribution in [0.5, 0.6) is 0 Å². The highest BCUT2D eigenvalue weighted by atomic mass is 19.1. The molecule has 1 aliphatic rings. The molecule has 3 aromatic rings. The molecule has 1 N–H and O–H groups in total. The van der Waals surface area contributed by atoms with Gasteiger partial charge < -0.3 is 5.11 Å². The number of ketones is 1. The SMILES string of the molecule is Cc1ccc(N2C(=O)C(=O)/C(=C(/O)c3ccc(F)cc3)C2c2ccccc2)cc1C. The first kappa shape index (κ1) is 19.6. The maximum atomic E-state index is 13.3. The Hall–Kier alpha value is -3.73. The van der Waals surface area contributed by atoms with Gasteiger partial charge in [0.05, 0.1) is 11.6 Å². The van der Waals surface area contributed by atoms with Gasteiger partial charge in [-0.2, -0.15) is 0 Å².